The summed E-state index contributed by atoms with van der Waals surface area (Å²) in [5.74, 6) is 0.455. The summed E-state index contributed by atoms with van der Waals surface area (Å²) in [5.41, 5.74) is 0. The van der Waals surface area contributed by atoms with Gasteiger partial charge in [0.05, 0.1) is 6.04 Å². The number of likely N-dealkylation sites (N-methyl/N-ethyl adjacent to an activating group) is 1. The molecule has 70 valence electrons. The van der Waals surface area contributed by atoms with Gasteiger partial charge < -0.3 is 0 Å². The van der Waals surface area contributed by atoms with Crippen LogP contribution in [0.3, 0.4) is 0 Å². The number of hydrogen-bond donors (Lipinski definition) is 0. The van der Waals surface area contributed by atoms with Gasteiger partial charge in [0.2, 0.25) is 0 Å². The molecule has 0 aromatic heterocycles. The lowest BCUT2D eigenvalue weighted by Crippen LogP contribution is -2.35. The number of carbonyl (C=O) groups excluding carboxylic acids is 1. The minimum absolute atomic E-state index is 0.259. The standard InChI is InChI=1S/C10H19NO/c1-3-6-10(12)9-7-5-8-11(9)4-2/h9H,3-8H2,1-2H3. The van der Waals surface area contributed by atoms with E-state index in [1.54, 1.807) is 0 Å². The molecular weight excluding hydrogens is 150 g/mol. The molecule has 0 spiro atoms. The van der Waals surface area contributed by atoms with Gasteiger partial charge >= 0.3 is 0 Å². The van der Waals surface area contributed by atoms with Gasteiger partial charge in [0.15, 0.2) is 0 Å². The van der Waals surface area contributed by atoms with Crippen LogP contribution in [0.25, 0.3) is 0 Å². The molecule has 1 aliphatic heterocycles. The molecule has 2 nitrogen and oxygen atoms in total. The smallest absolute Gasteiger partial charge is 0.149 e. The summed E-state index contributed by atoms with van der Waals surface area (Å²) in [5, 5.41) is 0. The van der Waals surface area contributed by atoms with Crippen LogP contribution in [0, 0.1) is 0 Å². The number of ketones is 1. The molecule has 0 bridgehead atoms. The molecule has 1 unspecified atom stereocenters. The first-order valence-corrected chi connectivity index (χ1v) is 5.06. The van der Waals surface area contributed by atoms with Gasteiger partial charge in [-0.2, -0.15) is 0 Å². The molecule has 0 radical (unpaired) electrons. The van der Waals surface area contributed by atoms with Crippen LogP contribution in [0.2, 0.25) is 0 Å². The molecule has 1 rings (SSSR count). The molecule has 0 N–H and O–H groups in total. The molecule has 0 aromatic rings. The first kappa shape index (κ1) is 9.72. The number of carbonyl (C=O) groups is 1. The first-order chi connectivity index (χ1) is 5.79. The van der Waals surface area contributed by atoms with Crippen molar-refractivity contribution >= 4 is 5.78 Å². The highest BCUT2D eigenvalue weighted by Gasteiger charge is 2.27. The minimum atomic E-state index is 0.259. The summed E-state index contributed by atoms with van der Waals surface area (Å²) in [6.45, 7) is 6.36. The zero-order valence-corrected chi connectivity index (χ0v) is 8.18. The Balaban J connectivity index is 2.43. The van der Waals surface area contributed by atoms with Crippen LogP contribution in [0.15, 0.2) is 0 Å². The van der Waals surface area contributed by atoms with E-state index in [0.29, 0.717) is 5.78 Å². The fourth-order valence-electron chi connectivity index (χ4n) is 1.98. The third-order valence-corrected chi connectivity index (χ3v) is 2.64. The lowest BCUT2D eigenvalue weighted by Gasteiger charge is -2.20. The fraction of sp³-hybridized carbons (Fsp3) is 0.900. The zero-order chi connectivity index (χ0) is 8.97. The fourth-order valence-corrected chi connectivity index (χ4v) is 1.98. The van der Waals surface area contributed by atoms with Crippen LogP contribution in [-0.2, 0) is 4.79 Å². The summed E-state index contributed by atoms with van der Waals surface area (Å²) >= 11 is 0. The molecule has 1 saturated heterocycles. The molecule has 12 heavy (non-hydrogen) atoms. The molecule has 1 fully saturated rings. The van der Waals surface area contributed by atoms with E-state index in [9.17, 15) is 4.79 Å². The molecule has 0 aliphatic carbocycles. The van der Waals surface area contributed by atoms with Crippen molar-refractivity contribution in [1.29, 1.82) is 0 Å². The summed E-state index contributed by atoms with van der Waals surface area (Å²) in [7, 11) is 0. The molecule has 0 saturated carbocycles. The van der Waals surface area contributed by atoms with Crippen molar-refractivity contribution < 1.29 is 4.79 Å². The molecule has 0 aromatic carbocycles. The van der Waals surface area contributed by atoms with Crippen molar-refractivity contribution in [2.75, 3.05) is 13.1 Å². The zero-order valence-electron chi connectivity index (χ0n) is 8.18. The Morgan fingerprint density at radius 2 is 2.25 bits per heavy atom. The number of rotatable bonds is 4. The summed E-state index contributed by atoms with van der Waals surface area (Å²) in [6, 6.07) is 0.259. The van der Waals surface area contributed by atoms with Gasteiger partial charge in [-0.15, -0.1) is 0 Å². The average molecular weight is 169 g/mol. The Hall–Kier alpha value is -0.370. The largest absolute Gasteiger partial charge is 0.298 e. The van der Waals surface area contributed by atoms with Gasteiger partial charge in [-0.25, -0.2) is 0 Å². The molecular formula is C10H19NO. The maximum atomic E-state index is 11.6. The topological polar surface area (TPSA) is 20.3 Å². The van der Waals surface area contributed by atoms with Gasteiger partial charge in [0, 0.05) is 6.42 Å². The SMILES string of the molecule is CCCC(=O)C1CCCN1CC. The van der Waals surface area contributed by atoms with Crippen LogP contribution in [0.4, 0.5) is 0 Å². The second-order valence-electron chi connectivity index (χ2n) is 3.50. The Morgan fingerprint density at radius 3 is 2.83 bits per heavy atom. The number of nitrogens with zero attached hydrogens (tertiary/aromatic N) is 1. The predicted molar refractivity (Wildman–Crippen MR) is 50.2 cm³/mol. The van der Waals surface area contributed by atoms with E-state index in [1.807, 2.05) is 0 Å². The van der Waals surface area contributed by atoms with Crippen molar-refractivity contribution in [2.45, 2.75) is 45.6 Å². The van der Waals surface area contributed by atoms with E-state index < -0.39 is 0 Å². The van der Waals surface area contributed by atoms with Gasteiger partial charge in [0.25, 0.3) is 0 Å². The maximum Gasteiger partial charge on any atom is 0.149 e. The van der Waals surface area contributed by atoms with Gasteiger partial charge in [-0.1, -0.05) is 13.8 Å². The van der Waals surface area contributed by atoms with E-state index in [1.165, 1.54) is 6.42 Å². The van der Waals surface area contributed by atoms with Gasteiger partial charge in [0.1, 0.15) is 5.78 Å². The van der Waals surface area contributed by atoms with E-state index in [2.05, 4.69) is 18.7 Å². The third kappa shape index (κ3) is 2.07. The lowest BCUT2D eigenvalue weighted by atomic mass is 10.1. The Bertz CT molecular complexity index is 156. The predicted octanol–water partition coefficient (Wildman–Crippen LogP) is 1.84. The van der Waals surface area contributed by atoms with E-state index in [4.69, 9.17) is 0 Å². The van der Waals surface area contributed by atoms with Gasteiger partial charge in [-0.05, 0) is 32.4 Å². The van der Waals surface area contributed by atoms with Crippen LogP contribution in [0.5, 0.6) is 0 Å². The van der Waals surface area contributed by atoms with Crippen molar-refractivity contribution in [2.24, 2.45) is 0 Å². The van der Waals surface area contributed by atoms with Gasteiger partial charge in [-0.3, -0.25) is 9.69 Å². The summed E-state index contributed by atoms with van der Waals surface area (Å²) in [4.78, 5) is 13.9. The molecule has 1 heterocycles. The van der Waals surface area contributed by atoms with Crippen molar-refractivity contribution in [3.63, 3.8) is 0 Å². The van der Waals surface area contributed by atoms with Crippen molar-refractivity contribution in [1.82, 2.24) is 4.90 Å². The van der Waals surface area contributed by atoms with E-state index in [0.717, 1.165) is 32.4 Å². The van der Waals surface area contributed by atoms with Crippen LogP contribution >= 0.6 is 0 Å². The highest BCUT2D eigenvalue weighted by Crippen LogP contribution is 2.18. The molecule has 1 atom stereocenters. The Morgan fingerprint density at radius 1 is 1.50 bits per heavy atom. The van der Waals surface area contributed by atoms with E-state index >= 15 is 0 Å². The monoisotopic (exact) mass is 169 g/mol. The number of Topliss-reactive ketones (excluding diaryl/α,β-unsaturated/α-hetero) is 1. The lowest BCUT2D eigenvalue weighted by molar-refractivity contribution is -0.123. The third-order valence-electron chi connectivity index (χ3n) is 2.64. The maximum absolute atomic E-state index is 11.6. The van der Waals surface area contributed by atoms with Crippen molar-refractivity contribution in [3.05, 3.63) is 0 Å². The quantitative estimate of drug-likeness (QED) is 0.640. The summed E-state index contributed by atoms with van der Waals surface area (Å²) in [6.07, 6.45) is 4.05. The Labute approximate surface area is 74.9 Å². The highest BCUT2D eigenvalue weighted by molar-refractivity contribution is 5.84. The second kappa shape index (κ2) is 4.61. The van der Waals surface area contributed by atoms with Crippen molar-refractivity contribution in [3.8, 4) is 0 Å². The molecule has 0 amide bonds. The molecule has 2 heteroatoms. The number of hydrogen-bond acceptors (Lipinski definition) is 2. The normalized spacial score (nSPS) is 24.7. The van der Waals surface area contributed by atoms with E-state index in [-0.39, 0.29) is 6.04 Å². The second-order valence-corrected chi connectivity index (χ2v) is 3.50. The first-order valence-electron chi connectivity index (χ1n) is 5.06. The van der Waals surface area contributed by atoms with Crippen LogP contribution in [0.1, 0.15) is 39.5 Å². The highest BCUT2D eigenvalue weighted by atomic mass is 16.1. The molecule has 1 aliphatic rings. The number of likely N-dealkylation sites (tertiary alicyclic amines) is 1. The Kier molecular flexibility index (Phi) is 3.73. The van der Waals surface area contributed by atoms with Crippen LogP contribution < -0.4 is 0 Å². The minimum Gasteiger partial charge on any atom is -0.298 e. The van der Waals surface area contributed by atoms with Crippen LogP contribution in [-0.4, -0.2) is 29.8 Å². The summed E-state index contributed by atoms with van der Waals surface area (Å²) < 4.78 is 0. The average Bonchev–Trinajstić information content (AvgIpc) is 2.51.